The third kappa shape index (κ3) is 5.53. The molecule has 0 unspecified atom stereocenters. The van der Waals surface area contributed by atoms with Crippen molar-refractivity contribution in [2.75, 3.05) is 0 Å². The van der Waals surface area contributed by atoms with Crippen LogP contribution in [0.15, 0.2) is 4.51 Å². The van der Waals surface area contributed by atoms with E-state index >= 15 is 0 Å². The van der Waals surface area contributed by atoms with E-state index in [0.29, 0.717) is 6.42 Å². The number of amides is 1. The number of nitrogens with zero attached hydrogens (tertiary/aromatic N) is 1. The monoisotopic (exact) mass is 220 g/mol. The van der Waals surface area contributed by atoms with Crippen molar-refractivity contribution in [2.24, 2.45) is 10.4 Å². The van der Waals surface area contributed by atoms with Gasteiger partial charge in [-0.15, -0.1) is 0 Å². The normalized spacial score (nSPS) is 13.1. The van der Waals surface area contributed by atoms with Gasteiger partial charge in [-0.1, -0.05) is 13.8 Å². The van der Waals surface area contributed by atoms with Crippen LogP contribution in [0, 0.1) is 5.92 Å². The number of nitrogens with one attached hydrogen (secondary N) is 1. The molecule has 0 aromatic rings. The van der Waals surface area contributed by atoms with Crippen molar-refractivity contribution in [3.8, 4) is 0 Å². The Morgan fingerprint density at radius 1 is 1.57 bits per heavy atom. The van der Waals surface area contributed by atoms with Gasteiger partial charge in [-0.2, -0.15) is 4.51 Å². The maximum absolute atomic E-state index is 10.9. The molecule has 2 N–H and O–H groups in total. The summed E-state index contributed by atoms with van der Waals surface area (Å²) in [5, 5.41) is 11.0. The quantitative estimate of drug-likeness (QED) is 0.674. The van der Waals surface area contributed by atoms with Crippen LogP contribution < -0.4 is 5.32 Å². The fraction of sp³-hybridized carbons (Fsp3) is 0.625. The van der Waals surface area contributed by atoms with Crippen LogP contribution in [-0.4, -0.2) is 29.2 Å². The number of carboxylic acids is 1. The van der Waals surface area contributed by atoms with Crippen LogP contribution in [0.25, 0.3) is 0 Å². The van der Waals surface area contributed by atoms with Crippen LogP contribution in [0.3, 0.4) is 0 Å². The van der Waals surface area contributed by atoms with E-state index in [1.165, 1.54) is 0 Å². The molecule has 0 fully saturated rings. The molecule has 0 rings (SSSR count). The molecule has 0 aliphatic carbocycles. The highest BCUT2D eigenvalue weighted by Crippen LogP contribution is 2.04. The Hall–Kier alpha value is -1.10. The topological polar surface area (TPSA) is 78.8 Å². The summed E-state index contributed by atoms with van der Waals surface area (Å²) < 4.78 is 2.97. The molecular formula is C8H13ClN2O3. The molecule has 0 heterocycles. The average Bonchev–Trinajstić information content (AvgIpc) is 2.02. The van der Waals surface area contributed by atoms with E-state index in [4.69, 9.17) is 16.9 Å². The molecule has 1 atom stereocenters. The first-order valence-corrected chi connectivity index (χ1v) is 4.48. The maximum atomic E-state index is 10.9. The summed E-state index contributed by atoms with van der Waals surface area (Å²) in [6, 6.07) is -0.892. The van der Waals surface area contributed by atoms with Crippen LogP contribution in [-0.2, 0) is 9.59 Å². The molecule has 0 radical (unpaired) electrons. The summed E-state index contributed by atoms with van der Waals surface area (Å²) in [6.07, 6.45) is 1.20. The van der Waals surface area contributed by atoms with Crippen molar-refractivity contribution >= 4 is 29.9 Å². The molecule has 0 aliphatic heterocycles. The van der Waals surface area contributed by atoms with Gasteiger partial charge in [-0.3, -0.25) is 4.79 Å². The smallest absolute Gasteiger partial charge is 0.326 e. The zero-order chi connectivity index (χ0) is 11.1. The fourth-order valence-electron chi connectivity index (χ4n) is 0.946. The van der Waals surface area contributed by atoms with Gasteiger partial charge in [0.25, 0.3) is 5.91 Å². The molecule has 14 heavy (non-hydrogen) atoms. The van der Waals surface area contributed by atoms with Gasteiger partial charge in [-0.05, 0) is 12.3 Å². The van der Waals surface area contributed by atoms with E-state index in [1.54, 1.807) is 0 Å². The van der Waals surface area contributed by atoms with E-state index in [-0.39, 0.29) is 5.92 Å². The Balaban J connectivity index is 4.23. The first-order valence-electron chi connectivity index (χ1n) is 4.15. The van der Waals surface area contributed by atoms with Gasteiger partial charge in [0.2, 0.25) is 0 Å². The first-order chi connectivity index (χ1) is 6.47. The Kier molecular flexibility index (Phi) is 5.87. The van der Waals surface area contributed by atoms with E-state index in [0.717, 1.165) is 6.21 Å². The fourth-order valence-corrected chi connectivity index (χ4v) is 1.03. The summed E-state index contributed by atoms with van der Waals surface area (Å²) in [5.74, 6) is -1.48. The molecule has 5 nitrogen and oxygen atoms in total. The number of rotatable bonds is 5. The summed E-state index contributed by atoms with van der Waals surface area (Å²) >= 11 is 4.93. The highest BCUT2D eigenvalue weighted by atomic mass is 35.5. The minimum absolute atomic E-state index is 0.185. The van der Waals surface area contributed by atoms with E-state index in [9.17, 15) is 9.59 Å². The lowest BCUT2D eigenvalue weighted by molar-refractivity contribution is -0.141. The molecule has 0 aromatic heterocycles. The zero-order valence-electron chi connectivity index (χ0n) is 8.03. The SMILES string of the molecule is CC(C)C[C@H](NC(=O)/C=N/Cl)C(=O)O. The highest BCUT2D eigenvalue weighted by molar-refractivity contribution is 6.33. The lowest BCUT2D eigenvalue weighted by atomic mass is 10.0. The third-order valence-corrected chi connectivity index (χ3v) is 1.59. The van der Waals surface area contributed by atoms with Gasteiger partial charge >= 0.3 is 5.97 Å². The van der Waals surface area contributed by atoms with E-state index < -0.39 is 17.9 Å². The Labute approximate surface area is 87.3 Å². The molecule has 1 amide bonds. The van der Waals surface area contributed by atoms with Crippen molar-refractivity contribution in [1.82, 2.24) is 5.32 Å². The first kappa shape index (κ1) is 12.9. The number of carboxylic acid groups (broad SMARTS) is 1. The number of aliphatic carboxylic acids is 1. The standard InChI is InChI=1S/C8H13ClN2O3/c1-5(2)3-6(8(13)14)11-7(12)4-10-9/h4-6H,3H2,1-2H3,(H,11,12)(H,13,14)/b10-4+/t6-/m0/s1. The molecule has 0 aliphatic rings. The van der Waals surface area contributed by atoms with E-state index in [1.807, 2.05) is 13.8 Å². The summed E-state index contributed by atoms with van der Waals surface area (Å²) in [4.78, 5) is 21.6. The molecule has 80 valence electrons. The van der Waals surface area contributed by atoms with Gasteiger partial charge < -0.3 is 10.4 Å². The second-order valence-corrected chi connectivity index (χ2v) is 3.45. The van der Waals surface area contributed by atoms with Crippen LogP contribution in [0.5, 0.6) is 0 Å². The van der Waals surface area contributed by atoms with Crippen LogP contribution in [0.2, 0.25) is 0 Å². The molecule has 0 saturated carbocycles. The molecule has 0 spiro atoms. The summed E-state index contributed by atoms with van der Waals surface area (Å²) in [7, 11) is 0. The highest BCUT2D eigenvalue weighted by Gasteiger charge is 2.19. The van der Waals surface area contributed by atoms with Crippen molar-refractivity contribution < 1.29 is 14.7 Å². The van der Waals surface area contributed by atoms with Gasteiger partial charge in [0.05, 0.1) is 0 Å². The summed E-state index contributed by atoms with van der Waals surface area (Å²) in [6.45, 7) is 3.75. The number of hydrogen-bond acceptors (Lipinski definition) is 3. The minimum Gasteiger partial charge on any atom is -0.480 e. The second kappa shape index (κ2) is 6.37. The minimum atomic E-state index is -1.06. The molecule has 0 saturated heterocycles. The zero-order valence-corrected chi connectivity index (χ0v) is 8.78. The van der Waals surface area contributed by atoms with Gasteiger partial charge in [0.1, 0.15) is 12.3 Å². The molecular weight excluding hydrogens is 208 g/mol. The largest absolute Gasteiger partial charge is 0.480 e. The predicted octanol–water partition coefficient (Wildman–Crippen LogP) is 0.827. The van der Waals surface area contributed by atoms with Crippen molar-refractivity contribution in [2.45, 2.75) is 26.3 Å². The Morgan fingerprint density at radius 2 is 2.14 bits per heavy atom. The second-order valence-electron chi connectivity index (χ2n) is 3.26. The van der Waals surface area contributed by atoms with E-state index in [2.05, 4.69) is 9.83 Å². The maximum Gasteiger partial charge on any atom is 0.326 e. The summed E-state index contributed by atoms with van der Waals surface area (Å²) in [5.41, 5.74) is 0. The average molecular weight is 221 g/mol. The van der Waals surface area contributed by atoms with Gasteiger partial charge in [0.15, 0.2) is 0 Å². The number of hydrogen-bond donors (Lipinski definition) is 2. The van der Waals surface area contributed by atoms with Crippen LogP contribution in [0.4, 0.5) is 0 Å². The van der Waals surface area contributed by atoms with Gasteiger partial charge in [0, 0.05) is 11.8 Å². The number of carbonyl (C=O) groups excluding carboxylic acids is 1. The lowest BCUT2D eigenvalue weighted by Gasteiger charge is -2.14. The molecule has 0 aromatic carbocycles. The predicted molar refractivity (Wildman–Crippen MR) is 53.4 cm³/mol. The Morgan fingerprint density at radius 3 is 2.50 bits per heavy atom. The van der Waals surface area contributed by atoms with Gasteiger partial charge in [-0.25, -0.2) is 4.79 Å². The molecule has 6 heteroatoms. The number of halogens is 1. The third-order valence-electron chi connectivity index (χ3n) is 1.49. The van der Waals surface area contributed by atoms with Crippen LogP contribution >= 0.6 is 11.8 Å². The van der Waals surface area contributed by atoms with Crippen molar-refractivity contribution in [1.29, 1.82) is 0 Å². The van der Waals surface area contributed by atoms with Crippen molar-refractivity contribution in [3.63, 3.8) is 0 Å². The molecule has 0 bridgehead atoms. The van der Waals surface area contributed by atoms with Crippen LogP contribution in [0.1, 0.15) is 20.3 Å². The lowest BCUT2D eigenvalue weighted by Crippen LogP contribution is -2.42. The van der Waals surface area contributed by atoms with Crippen molar-refractivity contribution in [3.05, 3.63) is 0 Å². The Bertz CT molecular complexity index is 241. The number of carbonyl (C=O) groups is 2.